The number of ether oxygens (including phenoxy) is 2. The topological polar surface area (TPSA) is 108 Å². The van der Waals surface area contributed by atoms with E-state index in [0.29, 0.717) is 13.0 Å². The number of hydrogen-bond donors (Lipinski definition) is 3. The average molecular weight is 693 g/mol. The molecule has 50 heavy (non-hydrogen) atoms. The van der Waals surface area contributed by atoms with Crippen LogP contribution in [0.2, 0.25) is 0 Å². The van der Waals surface area contributed by atoms with E-state index >= 15 is 0 Å². The quantitative estimate of drug-likeness (QED) is 0.123. The van der Waals surface area contributed by atoms with Gasteiger partial charge in [0.15, 0.2) is 6.29 Å². The Balaban J connectivity index is 1.20. The van der Waals surface area contributed by atoms with Crippen LogP contribution in [0.1, 0.15) is 59.7 Å². The number of benzene rings is 5. The molecule has 9 heteroatoms. The maximum absolute atomic E-state index is 12.9. The Morgan fingerprint density at radius 1 is 0.800 bits per heavy atom. The predicted octanol–water partition coefficient (Wildman–Crippen LogP) is 6.92. The molecule has 260 valence electrons. The highest BCUT2D eigenvalue weighted by Crippen LogP contribution is 2.39. The Morgan fingerprint density at radius 3 is 2.10 bits per heavy atom. The number of likely N-dealkylation sites (N-methyl/N-ethyl adjacent to an activating group) is 1. The van der Waals surface area contributed by atoms with E-state index in [1.165, 1.54) is 0 Å². The van der Waals surface area contributed by atoms with Crippen molar-refractivity contribution in [1.29, 1.82) is 0 Å². The van der Waals surface area contributed by atoms with Crippen molar-refractivity contribution >= 4 is 10.0 Å². The summed E-state index contributed by atoms with van der Waals surface area (Å²) in [6.45, 7) is 2.72. The summed E-state index contributed by atoms with van der Waals surface area (Å²) in [5.74, 6) is 0. The number of sulfonamides is 1. The highest BCUT2D eigenvalue weighted by molar-refractivity contribution is 7.89. The lowest BCUT2D eigenvalue weighted by Crippen LogP contribution is -2.43. The number of rotatable bonds is 13. The highest BCUT2D eigenvalue weighted by Gasteiger charge is 2.34. The molecular weight excluding hydrogens is 649 g/mol. The minimum absolute atomic E-state index is 0.0268. The molecule has 0 unspecified atom stereocenters. The Morgan fingerprint density at radius 2 is 1.42 bits per heavy atom. The van der Waals surface area contributed by atoms with Gasteiger partial charge in [0.05, 0.1) is 29.8 Å². The first-order chi connectivity index (χ1) is 24.2. The minimum atomic E-state index is -3.66. The van der Waals surface area contributed by atoms with Gasteiger partial charge >= 0.3 is 0 Å². The molecule has 0 aromatic heterocycles. The van der Waals surface area contributed by atoms with Crippen molar-refractivity contribution in [2.45, 2.75) is 62.0 Å². The molecule has 0 radical (unpaired) electrons. The van der Waals surface area contributed by atoms with Crippen molar-refractivity contribution in [2.24, 2.45) is 0 Å². The van der Waals surface area contributed by atoms with E-state index in [2.05, 4.69) is 9.62 Å². The normalized spacial score (nSPS) is 19.3. The van der Waals surface area contributed by atoms with Gasteiger partial charge in [-0.15, -0.1) is 0 Å². The molecule has 8 nitrogen and oxygen atoms in total. The van der Waals surface area contributed by atoms with Gasteiger partial charge in [-0.05, 0) is 59.5 Å². The summed E-state index contributed by atoms with van der Waals surface area (Å²) < 4.78 is 41.7. The van der Waals surface area contributed by atoms with Crippen LogP contribution >= 0.6 is 0 Å². The summed E-state index contributed by atoms with van der Waals surface area (Å²) in [6, 6.07) is 41.4. The SMILES string of the molecule is C[C@@H]([C@H](O)c1ccccc1)N(C)C[C@@H]1C[C@H](c2ccc(CO)cc2)O[C@H](c2ccc(-c3ccccc3CNS(=O)(=O)c3ccccc3)cc2)O1. The van der Waals surface area contributed by atoms with E-state index in [4.69, 9.17) is 9.47 Å². The van der Waals surface area contributed by atoms with Crippen LogP contribution in [0.3, 0.4) is 0 Å². The van der Waals surface area contributed by atoms with Crippen LogP contribution in [0.25, 0.3) is 11.1 Å². The number of nitrogens with zero attached hydrogens (tertiary/aromatic N) is 1. The molecule has 5 aromatic carbocycles. The van der Waals surface area contributed by atoms with Gasteiger partial charge in [-0.2, -0.15) is 0 Å². The fourth-order valence-corrected chi connectivity index (χ4v) is 7.35. The summed E-state index contributed by atoms with van der Waals surface area (Å²) in [4.78, 5) is 2.35. The molecule has 1 saturated heterocycles. The Hall–Kier alpha value is -4.19. The Kier molecular flexibility index (Phi) is 11.6. The second kappa shape index (κ2) is 16.2. The van der Waals surface area contributed by atoms with Crippen LogP contribution in [0.5, 0.6) is 0 Å². The first-order valence-electron chi connectivity index (χ1n) is 16.9. The van der Waals surface area contributed by atoms with Crippen molar-refractivity contribution in [2.75, 3.05) is 13.6 Å². The summed E-state index contributed by atoms with van der Waals surface area (Å²) in [5.41, 5.74) is 6.28. The highest BCUT2D eigenvalue weighted by atomic mass is 32.2. The third-order valence-corrected chi connectivity index (χ3v) is 10.8. The van der Waals surface area contributed by atoms with Gasteiger partial charge in [0.1, 0.15) is 0 Å². The van der Waals surface area contributed by atoms with Crippen molar-refractivity contribution in [1.82, 2.24) is 9.62 Å². The van der Waals surface area contributed by atoms with Crippen LogP contribution in [0.4, 0.5) is 0 Å². The van der Waals surface area contributed by atoms with Crippen LogP contribution in [0.15, 0.2) is 138 Å². The molecule has 3 N–H and O–H groups in total. The zero-order chi connectivity index (χ0) is 35.1. The van der Waals surface area contributed by atoms with E-state index in [1.54, 1.807) is 30.3 Å². The van der Waals surface area contributed by atoms with Crippen LogP contribution < -0.4 is 4.72 Å². The van der Waals surface area contributed by atoms with E-state index in [9.17, 15) is 18.6 Å². The van der Waals surface area contributed by atoms with Gasteiger partial charge in [0, 0.05) is 31.1 Å². The zero-order valence-electron chi connectivity index (χ0n) is 28.3. The molecule has 0 aliphatic carbocycles. The van der Waals surface area contributed by atoms with E-state index in [-0.39, 0.29) is 36.3 Å². The third-order valence-electron chi connectivity index (χ3n) is 9.42. The number of hydrogen-bond acceptors (Lipinski definition) is 7. The Labute approximate surface area is 295 Å². The summed E-state index contributed by atoms with van der Waals surface area (Å²) in [6.07, 6.45) is -1.10. The molecule has 6 rings (SSSR count). The lowest BCUT2D eigenvalue weighted by atomic mass is 9.97. The van der Waals surface area contributed by atoms with Gasteiger partial charge in [0.2, 0.25) is 10.0 Å². The van der Waals surface area contributed by atoms with Gasteiger partial charge in [0.25, 0.3) is 0 Å². The van der Waals surface area contributed by atoms with Crippen molar-refractivity contribution in [3.63, 3.8) is 0 Å². The van der Waals surface area contributed by atoms with Crippen molar-refractivity contribution in [3.8, 4) is 11.1 Å². The molecule has 1 aliphatic rings. The smallest absolute Gasteiger partial charge is 0.240 e. The number of nitrogens with one attached hydrogen (secondary N) is 1. The van der Waals surface area contributed by atoms with Crippen molar-refractivity contribution < 1.29 is 28.1 Å². The second-order valence-corrected chi connectivity index (χ2v) is 14.6. The monoisotopic (exact) mass is 692 g/mol. The van der Waals surface area contributed by atoms with Gasteiger partial charge in [-0.3, -0.25) is 4.90 Å². The summed E-state index contributed by atoms with van der Waals surface area (Å²) in [5, 5.41) is 20.7. The molecule has 1 fully saturated rings. The maximum atomic E-state index is 12.9. The molecule has 1 aliphatic heterocycles. The molecule has 5 aromatic rings. The predicted molar refractivity (Wildman–Crippen MR) is 194 cm³/mol. The average Bonchev–Trinajstić information content (AvgIpc) is 3.17. The fourth-order valence-electron chi connectivity index (χ4n) is 6.32. The molecule has 0 amide bonds. The molecular formula is C41H44N2O6S. The number of aliphatic hydroxyl groups is 2. The van der Waals surface area contributed by atoms with Crippen LogP contribution in [-0.2, 0) is 32.6 Å². The fraction of sp³-hybridized carbons (Fsp3) is 0.268. The maximum Gasteiger partial charge on any atom is 0.240 e. The lowest BCUT2D eigenvalue weighted by molar-refractivity contribution is -0.253. The number of aliphatic hydroxyl groups excluding tert-OH is 2. The van der Waals surface area contributed by atoms with Gasteiger partial charge < -0.3 is 19.7 Å². The van der Waals surface area contributed by atoms with Crippen molar-refractivity contribution in [3.05, 3.63) is 161 Å². The minimum Gasteiger partial charge on any atom is -0.392 e. The van der Waals surface area contributed by atoms with E-state index in [1.807, 2.05) is 117 Å². The Bertz CT molecular complexity index is 1920. The zero-order valence-corrected chi connectivity index (χ0v) is 29.1. The van der Waals surface area contributed by atoms with Gasteiger partial charge in [-0.25, -0.2) is 13.1 Å². The molecule has 0 bridgehead atoms. The van der Waals surface area contributed by atoms with E-state index < -0.39 is 22.4 Å². The first-order valence-corrected chi connectivity index (χ1v) is 18.4. The van der Waals surface area contributed by atoms with Crippen LogP contribution in [-0.4, -0.2) is 49.3 Å². The second-order valence-electron chi connectivity index (χ2n) is 12.8. The lowest BCUT2D eigenvalue weighted by Gasteiger charge is -2.39. The third kappa shape index (κ3) is 8.57. The van der Waals surface area contributed by atoms with Crippen LogP contribution in [0, 0.1) is 0 Å². The van der Waals surface area contributed by atoms with E-state index in [0.717, 1.165) is 38.9 Å². The molecule has 1 heterocycles. The molecule has 5 atom stereocenters. The first kappa shape index (κ1) is 35.6. The summed E-state index contributed by atoms with van der Waals surface area (Å²) in [7, 11) is -1.66. The molecule has 0 saturated carbocycles. The standard InChI is InChI=1S/C41H44N2O6S/c1-29(40(45)33-11-5-3-6-12-33)43(2)27-36-25-39(32-19-17-30(28-44)18-20-32)49-41(48-36)34-23-21-31(22-24-34)38-16-10-9-13-35(38)26-42-50(46,47)37-14-7-4-8-15-37/h3-24,29,36,39-42,44-45H,25-28H2,1-2H3/t29-,36-,39+,40-,41+/m0/s1. The largest absolute Gasteiger partial charge is 0.392 e. The van der Waals surface area contributed by atoms with Gasteiger partial charge in [-0.1, -0.05) is 121 Å². The molecule has 0 spiro atoms. The summed E-state index contributed by atoms with van der Waals surface area (Å²) >= 11 is 0.